The molecule has 1 unspecified atom stereocenters. The molecule has 1 aromatic heterocycles. The quantitative estimate of drug-likeness (QED) is 0.947. The molecule has 0 radical (unpaired) electrons. The smallest absolute Gasteiger partial charge is 0.251 e. The monoisotopic (exact) mass is 315 g/mol. The zero-order valence-electron chi connectivity index (χ0n) is 12.8. The van der Waals surface area contributed by atoms with E-state index in [-0.39, 0.29) is 5.91 Å². The molecule has 0 saturated carbocycles. The first-order valence-electron chi connectivity index (χ1n) is 8.15. The van der Waals surface area contributed by atoms with Crippen molar-refractivity contribution >= 4 is 27.5 Å². The first-order valence-corrected chi connectivity index (χ1v) is 8.97. The van der Waals surface area contributed by atoms with Crippen LogP contribution in [0.3, 0.4) is 0 Å². The zero-order valence-corrected chi connectivity index (χ0v) is 13.7. The maximum absolute atomic E-state index is 12.6. The molecular weight excluding hydrogens is 294 g/mol. The highest BCUT2D eigenvalue weighted by Gasteiger charge is 2.34. The molecule has 3 aliphatic heterocycles. The van der Waals surface area contributed by atoms with E-state index >= 15 is 0 Å². The molecule has 0 aliphatic carbocycles. The number of carbonyl (C=O) groups excluding carboxylic acids is 1. The lowest BCUT2D eigenvalue weighted by atomic mass is 9.84. The summed E-state index contributed by atoms with van der Waals surface area (Å²) in [5, 5.41) is 4.38. The van der Waals surface area contributed by atoms with Crippen LogP contribution in [0, 0.1) is 5.92 Å². The van der Waals surface area contributed by atoms with Crippen LogP contribution in [0.2, 0.25) is 0 Å². The van der Waals surface area contributed by atoms with Crippen molar-refractivity contribution in [2.24, 2.45) is 5.92 Å². The third kappa shape index (κ3) is 2.52. The van der Waals surface area contributed by atoms with E-state index in [1.807, 2.05) is 18.2 Å². The summed E-state index contributed by atoms with van der Waals surface area (Å²) < 4.78 is 1.16. The highest BCUT2D eigenvalue weighted by molar-refractivity contribution is 7.18. The number of thiazole rings is 1. The largest absolute Gasteiger partial charge is 0.348 e. The fourth-order valence-electron chi connectivity index (χ4n) is 3.65. The molecule has 2 aromatic rings. The first kappa shape index (κ1) is 14.2. The Morgan fingerprint density at radius 2 is 2.23 bits per heavy atom. The van der Waals surface area contributed by atoms with Gasteiger partial charge in [-0.25, -0.2) is 4.98 Å². The summed E-state index contributed by atoms with van der Waals surface area (Å²) in [5.41, 5.74) is 1.68. The second-order valence-electron chi connectivity index (χ2n) is 6.36. The number of aryl methyl sites for hydroxylation is 1. The maximum atomic E-state index is 12.6. The second-order valence-corrected chi connectivity index (χ2v) is 7.48. The summed E-state index contributed by atoms with van der Waals surface area (Å²) in [7, 11) is 0. The van der Waals surface area contributed by atoms with E-state index in [4.69, 9.17) is 0 Å². The minimum Gasteiger partial charge on any atom is -0.348 e. The molecule has 116 valence electrons. The summed E-state index contributed by atoms with van der Waals surface area (Å²) >= 11 is 1.71. The van der Waals surface area contributed by atoms with Gasteiger partial charge in [0.25, 0.3) is 5.91 Å². The molecule has 3 saturated heterocycles. The number of hydrogen-bond acceptors (Lipinski definition) is 4. The predicted molar refractivity (Wildman–Crippen MR) is 89.4 cm³/mol. The average molecular weight is 315 g/mol. The first-order chi connectivity index (χ1) is 10.7. The molecule has 3 fully saturated rings. The summed E-state index contributed by atoms with van der Waals surface area (Å²) in [6, 6.07) is 6.20. The van der Waals surface area contributed by atoms with Crippen LogP contribution in [-0.2, 0) is 6.42 Å². The lowest BCUT2D eigenvalue weighted by Crippen LogP contribution is -2.57. The van der Waals surface area contributed by atoms with Crippen LogP contribution in [0.4, 0.5) is 0 Å². The Morgan fingerprint density at radius 1 is 1.41 bits per heavy atom. The van der Waals surface area contributed by atoms with Crippen molar-refractivity contribution in [3.05, 3.63) is 28.8 Å². The number of fused-ring (bicyclic) bond motifs is 4. The topological polar surface area (TPSA) is 45.2 Å². The van der Waals surface area contributed by atoms with Crippen LogP contribution in [-0.4, -0.2) is 41.5 Å². The Morgan fingerprint density at radius 3 is 2.91 bits per heavy atom. The number of aromatic nitrogens is 1. The SMILES string of the molecule is CCc1nc2cc(C(=O)NC3CN4CCC3CC4)ccc2s1. The van der Waals surface area contributed by atoms with Gasteiger partial charge in [-0.1, -0.05) is 6.92 Å². The van der Waals surface area contributed by atoms with Gasteiger partial charge in [-0.15, -0.1) is 11.3 Å². The zero-order chi connectivity index (χ0) is 15.1. The molecule has 22 heavy (non-hydrogen) atoms. The summed E-state index contributed by atoms with van der Waals surface area (Å²) in [5.74, 6) is 0.704. The standard InChI is InChI=1S/C17H21N3OS/c1-2-16-18-13-9-12(3-4-15(13)22-16)17(21)19-14-10-20-7-5-11(14)6-8-20/h3-4,9,11,14H,2,5-8,10H2,1H3,(H,19,21). The van der Waals surface area contributed by atoms with Gasteiger partial charge in [0.05, 0.1) is 15.2 Å². The molecule has 2 bridgehead atoms. The van der Waals surface area contributed by atoms with Crippen molar-refractivity contribution in [2.75, 3.05) is 19.6 Å². The Kier molecular flexibility index (Phi) is 3.62. The van der Waals surface area contributed by atoms with E-state index in [1.54, 1.807) is 11.3 Å². The summed E-state index contributed by atoms with van der Waals surface area (Å²) in [4.78, 5) is 19.6. The number of rotatable bonds is 3. The van der Waals surface area contributed by atoms with Crippen LogP contribution in [0.1, 0.15) is 35.1 Å². The van der Waals surface area contributed by atoms with Crippen molar-refractivity contribution in [3.8, 4) is 0 Å². The van der Waals surface area contributed by atoms with E-state index in [0.29, 0.717) is 12.0 Å². The van der Waals surface area contributed by atoms with Crippen LogP contribution in [0.25, 0.3) is 10.2 Å². The third-order valence-electron chi connectivity index (χ3n) is 4.97. The van der Waals surface area contributed by atoms with Gasteiger partial charge < -0.3 is 10.2 Å². The van der Waals surface area contributed by atoms with Crippen LogP contribution in [0.15, 0.2) is 18.2 Å². The molecule has 3 aliphatic rings. The Hall–Kier alpha value is -1.46. The maximum Gasteiger partial charge on any atom is 0.251 e. The number of carbonyl (C=O) groups is 1. The van der Waals surface area contributed by atoms with Crippen molar-refractivity contribution in [1.29, 1.82) is 0 Å². The highest BCUT2D eigenvalue weighted by Crippen LogP contribution is 2.28. The lowest BCUT2D eigenvalue weighted by Gasteiger charge is -2.44. The normalized spacial score (nSPS) is 27.2. The molecular formula is C17H21N3OS. The highest BCUT2D eigenvalue weighted by atomic mass is 32.1. The second kappa shape index (κ2) is 5.63. The molecule has 4 nitrogen and oxygen atoms in total. The van der Waals surface area contributed by atoms with Gasteiger partial charge in [0.15, 0.2) is 0 Å². The van der Waals surface area contributed by atoms with Crippen molar-refractivity contribution in [3.63, 3.8) is 0 Å². The van der Waals surface area contributed by atoms with E-state index in [1.165, 1.54) is 25.9 Å². The predicted octanol–water partition coefficient (Wildman–Crippen LogP) is 2.68. The van der Waals surface area contributed by atoms with Crippen LogP contribution >= 0.6 is 11.3 Å². The molecule has 5 rings (SSSR count). The lowest BCUT2D eigenvalue weighted by molar-refractivity contribution is 0.0620. The van der Waals surface area contributed by atoms with E-state index in [2.05, 4.69) is 22.1 Å². The molecule has 1 N–H and O–H groups in total. The molecule has 0 spiro atoms. The number of nitrogens with zero attached hydrogens (tertiary/aromatic N) is 2. The molecule has 4 heterocycles. The van der Waals surface area contributed by atoms with Crippen molar-refractivity contribution in [2.45, 2.75) is 32.2 Å². The summed E-state index contributed by atoms with van der Waals surface area (Å²) in [6.45, 7) is 5.51. The average Bonchev–Trinajstić information content (AvgIpc) is 2.98. The van der Waals surface area contributed by atoms with Gasteiger partial charge in [-0.05, 0) is 56.5 Å². The van der Waals surface area contributed by atoms with Gasteiger partial charge in [0.2, 0.25) is 0 Å². The van der Waals surface area contributed by atoms with Crippen molar-refractivity contribution in [1.82, 2.24) is 15.2 Å². The fourth-order valence-corrected chi connectivity index (χ4v) is 4.54. The number of benzene rings is 1. The fraction of sp³-hybridized carbons (Fsp3) is 0.529. The number of nitrogens with one attached hydrogen (secondary N) is 1. The molecule has 1 atom stereocenters. The number of amides is 1. The van der Waals surface area contributed by atoms with E-state index in [0.717, 1.165) is 33.8 Å². The minimum absolute atomic E-state index is 0.0479. The molecule has 5 heteroatoms. The van der Waals surface area contributed by atoms with Crippen molar-refractivity contribution < 1.29 is 4.79 Å². The molecule has 1 aromatic carbocycles. The number of hydrogen-bond donors (Lipinski definition) is 1. The van der Waals surface area contributed by atoms with Crippen LogP contribution < -0.4 is 5.32 Å². The van der Waals surface area contributed by atoms with Gasteiger partial charge in [0, 0.05) is 18.2 Å². The van der Waals surface area contributed by atoms with E-state index in [9.17, 15) is 4.79 Å². The van der Waals surface area contributed by atoms with E-state index < -0.39 is 0 Å². The molecule has 1 amide bonds. The Balaban J connectivity index is 1.52. The summed E-state index contributed by atoms with van der Waals surface area (Å²) in [6.07, 6.45) is 3.38. The van der Waals surface area contributed by atoms with Gasteiger partial charge >= 0.3 is 0 Å². The van der Waals surface area contributed by atoms with Gasteiger partial charge in [0.1, 0.15) is 0 Å². The Bertz CT molecular complexity index is 703. The van der Waals surface area contributed by atoms with Crippen LogP contribution in [0.5, 0.6) is 0 Å². The third-order valence-corrected chi connectivity index (χ3v) is 6.15. The Labute approximate surface area is 134 Å². The minimum atomic E-state index is 0.0479. The number of piperidine rings is 3. The van der Waals surface area contributed by atoms with Gasteiger partial charge in [-0.3, -0.25) is 4.79 Å². The van der Waals surface area contributed by atoms with Gasteiger partial charge in [-0.2, -0.15) is 0 Å².